The quantitative estimate of drug-likeness (QED) is 0.0397. The fraction of sp³-hybridized carbons (Fsp3) is 0.980. The monoisotopic (exact) mass is 984 g/mol. The molecule has 0 spiro atoms. The molecule has 3 aliphatic heterocycles. The first-order chi connectivity index (χ1) is 32.8. The lowest BCUT2D eigenvalue weighted by Gasteiger charge is -2.48. The van der Waals surface area contributed by atoms with E-state index in [9.17, 15) is 61.0 Å². The van der Waals surface area contributed by atoms with Crippen LogP contribution in [-0.2, 0) is 33.2 Å². The third-order valence-corrected chi connectivity index (χ3v) is 13.7. The van der Waals surface area contributed by atoms with Gasteiger partial charge in [-0.25, -0.2) is 0 Å². The zero-order valence-corrected chi connectivity index (χ0v) is 41.1. The molecule has 0 bridgehead atoms. The van der Waals surface area contributed by atoms with Gasteiger partial charge in [-0.15, -0.1) is 0 Å². The second-order valence-electron chi connectivity index (χ2n) is 19.4. The second kappa shape index (κ2) is 35.0. The van der Waals surface area contributed by atoms with E-state index in [1.165, 1.54) is 83.5 Å². The van der Waals surface area contributed by atoms with Crippen LogP contribution in [0.25, 0.3) is 0 Å². The molecule has 3 fully saturated rings. The van der Waals surface area contributed by atoms with Crippen molar-refractivity contribution in [1.29, 1.82) is 0 Å². The van der Waals surface area contributed by atoms with E-state index in [-0.39, 0.29) is 18.9 Å². The average Bonchev–Trinajstić information content (AvgIpc) is 3.33. The van der Waals surface area contributed by atoms with Crippen LogP contribution in [0.2, 0.25) is 0 Å². The highest BCUT2D eigenvalue weighted by Gasteiger charge is 2.53. The van der Waals surface area contributed by atoms with Crippen molar-refractivity contribution in [2.75, 3.05) is 26.4 Å². The molecule has 402 valence electrons. The molecule has 0 aromatic carbocycles. The number of carbonyl (C=O) groups is 1. The van der Waals surface area contributed by atoms with Gasteiger partial charge in [0, 0.05) is 6.42 Å². The highest BCUT2D eigenvalue weighted by molar-refractivity contribution is 5.76. The van der Waals surface area contributed by atoms with Gasteiger partial charge in [-0.3, -0.25) is 4.79 Å². The van der Waals surface area contributed by atoms with Gasteiger partial charge in [0.25, 0.3) is 0 Å². The molecule has 19 heteroatoms. The van der Waals surface area contributed by atoms with Gasteiger partial charge in [0.1, 0.15) is 73.2 Å². The molecule has 0 aliphatic carbocycles. The SMILES string of the molecule is CCCCCCCCCCCCCCCCCCCC(=O)NC(COC1OC(CO)C(OC2OC(CO)C(OC3OC(CO)C(O)C(O)C3O)C(O)C2O)C(O)C1O)C(O)CCCCCCCC. The summed E-state index contributed by atoms with van der Waals surface area (Å²) < 4.78 is 34.1. The van der Waals surface area contributed by atoms with Crippen LogP contribution in [0.3, 0.4) is 0 Å². The zero-order valence-electron chi connectivity index (χ0n) is 41.1. The molecule has 12 N–H and O–H groups in total. The summed E-state index contributed by atoms with van der Waals surface area (Å²) in [6, 6.07) is -0.876. The van der Waals surface area contributed by atoms with Crippen molar-refractivity contribution in [2.45, 2.75) is 279 Å². The van der Waals surface area contributed by atoms with E-state index < -0.39 is 124 Å². The number of hydrogen-bond acceptors (Lipinski definition) is 18. The van der Waals surface area contributed by atoms with Crippen molar-refractivity contribution in [3.05, 3.63) is 0 Å². The van der Waals surface area contributed by atoms with Crippen molar-refractivity contribution < 1.29 is 89.4 Å². The number of ether oxygens (including phenoxy) is 6. The van der Waals surface area contributed by atoms with Gasteiger partial charge < -0.3 is 89.9 Å². The van der Waals surface area contributed by atoms with E-state index in [0.29, 0.717) is 12.8 Å². The fourth-order valence-corrected chi connectivity index (χ4v) is 9.25. The first-order valence-electron chi connectivity index (χ1n) is 26.3. The molecule has 3 aliphatic rings. The van der Waals surface area contributed by atoms with Crippen LogP contribution in [0.1, 0.15) is 174 Å². The normalized spacial score (nSPS) is 33.1. The highest BCUT2D eigenvalue weighted by Crippen LogP contribution is 2.33. The van der Waals surface area contributed by atoms with Crippen LogP contribution < -0.4 is 5.32 Å². The van der Waals surface area contributed by atoms with E-state index in [0.717, 1.165) is 57.8 Å². The van der Waals surface area contributed by atoms with Crippen molar-refractivity contribution >= 4 is 5.91 Å². The molecular weight excluding hydrogens is 891 g/mol. The first kappa shape index (κ1) is 61.1. The number of unbranched alkanes of at least 4 members (excludes halogenated alkanes) is 21. The van der Waals surface area contributed by atoms with E-state index in [4.69, 9.17) is 28.4 Å². The largest absolute Gasteiger partial charge is 0.394 e. The molecule has 3 rings (SSSR count). The molecule has 1 amide bonds. The van der Waals surface area contributed by atoms with Gasteiger partial charge in [0.2, 0.25) is 5.91 Å². The average molecular weight is 984 g/mol. The maximum Gasteiger partial charge on any atom is 0.220 e. The Morgan fingerprint density at radius 2 is 0.838 bits per heavy atom. The van der Waals surface area contributed by atoms with Crippen molar-refractivity contribution in [3.8, 4) is 0 Å². The minimum Gasteiger partial charge on any atom is -0.394 e. The van der Waals surface area contributed by atoms with Gasteiger partial charge in [-0.1, -0.05) is 155 Å². The minimum absolute atomic E-state index is 0.247. The standard InChI is InChI=1S/C49H93NO18/c1-3-5-7-9-11-12-13-14-15-16-17-18-19-20-21-23-25-27-37(55)50-32(33(54)26-24-22-10-8-6-4-2)31-63-47-43(61)40(58)45(35(29-52)65-47)68-49-44(62)41(59)46(36(30-53)66-49)67-48-42(60)39(57)38(56)34(28-51)64-48/h32-36,38-49,51-54,56-62H,3-31H2,1-2H3,(H,50,55). The number of amides is 1. The molecular formula is C49H93NO18. The number of carbonyl (C=O) groups excluding carboxylic acids is 1. The smallest absolute Gasteiger partial charge is 0.220 e. The number of rotatable bonds is 37. The summed E-state index contributed by atoms with van der Waals surface area (Å²) in [5.41, 5.74) is 0. The molecule has 3 saturated heterocycles. The fourth-order valence-electron chi connectivity index (χ4n) is 9.25. The summed E-state index contributed by atoms with van der Waals surface area (Å²) >= 11 is 0. The summed E-state index contributed by atoms with van der Waals surface area (Å²) in [6.45, 7) is 1.69. The van der Waals surface area contributed by atoms with Crippen LogP contribution in [0.4, 0.5) is 0 Å². The topological polar surface area (TPSA) is 307 Å². The lowest BCUT2D eigenvalue weighted by Crippen LogP contribution is -2.66. The minimum atomic E-state index is -1.97. The Kier molecular flexibility index (Phi) is 31.5. The lowest BCUT2D eigenvalue weighted by molar-refractivity contribution is -0.379. The predicted octanol–water partition coefficient (Wildman–Crippen LogP) is 2.09. The zero-order chi connectivity index (χ0) is 49.8. The number of aliphatic hydroxyl groups excluding tert-OH is 11. The Hall–Kier alpha value is -1.21. The Morgan fingerprint density at radius 3 is 1.28 bits per heavy atom. The second-order valence-corrected chi connectivity index (χ2v) is 19.4. The van der Waals surface area contributed by atoms with Crippen molar-refractivity contribution in [3.63, 3.8) is 0 Å². The first-order valence-corrected chi connectivity index (χ1v) is 26.3. The van der Waals surface area contributed by atoms with Crippen molar-refractivity contribution in [1.82, 2.24) is 5.32 Å². The molecule has 17 atom stereocenters. The number of aliphatic hydroxyl groups is 11. The van der Waals surface area contributed by atoms with E-state index in [1.807, 2.05) is 0 Å². The van der Waals surface area contributed by atoms with Gasteiger partial charge in [-0.2, -0.15) is 0 Å². The van der Waals surface area contributed by atoms with Crippen LogP contribution in [0, 0.1) is 0 Å². The molecule has 3 heterocycles. The maximum absolute atomic E-state index is 13.2. The van der Waals surface area contributed by atoms with Crippen LogP contribution in [0.5, 0.6) is 0 Å². The van der Waals surface area contributed by atoms with Crippen LogP contribution in [0.15, 0.2) is 0 Å². The molecule has 0 aromatic rings. The number of nitrogens with one attached hydrogen (secondary N) is 1. The summed E-state index contributed by atoms with van der Waals surface area (Å²) in [6.07, 6.45) is 1.15. The molecule has 68 heavy (non-hydrogen) atoms. The third kappa shape index (κ3) is 20.7. The summed E-state index contributed by atoms with van der Waals surface area (Å²) in [7, 11) is 0. The van der Waals surface area contributed by atoms with Gasteiger partial charge in [-0.05, 0) is 12.8 Å². The summed E-state index contributed by atoms with van der Waals surface area (Å²) in [4.78, 5) is 13.2. The molecule has 0 saturated carbocycles. The van der Waals surface area contributed by atoms with Gasteiger partial charge >= 0.3 is 0 Å². The highest BCUT2D eigenvalue weighted by atomic mass is 16.8. The van der Waals surface area contributed by atoms with E-state index in [2.05, 4.69) is 19.2 Å². The maximum atomic E-state index is 13.2. The number of hydrogen-bond donors (Lipinski definition) is 12. The van der Waals surface area contributed by atoms with E-state index >= 15 is 0 Å². The summed E-state index contributed by atoms with van der Waals surface area (Å²) in [5.74, 6) is -0.247. The summed E-state index contributed by atoms with van der Waals surface area (Å²) in [5, 5.41) is 119. The third-order valence-electron chi connectivity index (χ3n) is 13.7. The Morgan fingerprint density at radius 1 is 0.471 bits per heavy atom. The molecule has 17 unspecified atom stereocenters. The van der Waals surface area contributed by atoms with Crippen LogP contribution in [-0.4, -0.2) is 193 Å². The molecule has 0 radical (unpaired) electrons. The lowest BCUT2D eigenvalue weighted by atomic mass is 9.96. The van der Waals surface area contributed by atoms with Gasteiger partial charge in [0.15, 0.2) is 18.9 Å². The van der Waals surface area contributed by atoms with Crippen LogP contribution >= 0.6 is 0 Å². The Bertz CT molecular complexity index is 1270. The van der Waals surface area contributed by atoms with Gasteiger partial charge in [0.05, 0.1) is 38.6 Å². The van der Waals surface area contributed by atoms with E-state index in [1.54, 1.807) is 0 Å². The molecule has 0 aromatic heterocycles. The Labute approximate surface area is 404 Å². The van der Waals surface area contributed by atoms with Crippen molar-refractivity contribution in [2.24, 2.45) is 0 Å². The Balaban J connectivity index is 1.48. The predicted molar refractivity (Wildman–Crippen MR) is 250 cm³/mol. The molecule has 19 nitrogen and oxygen atoms in total.